The Labute approximate surface area is 245 Å². The second-order valence-electron chi connectivity index (χ2n) is 10.5. The van der Waals surface area contributed by atoms with Gasteiger partial charge in [0.2, 0.25) is 21.2 Å². The summed E-state index contributed by atoms with van der Waals surface area (Å²) in [6.07, 6.45) is 0.511. The molecule has 0 radical (unpaired) electrons. The molecule has 0 spiro atoms. The quantitative estimate of drug-likeness (QED) is 0.201. The third-order valence-corrected chi connectivity index (χ3v) is 9.20. The average molecular weight is 582 g/mol. The number of aryl methyl sites for hydroxylation is 2. The van der Waals surface area contributed by atoms with E-state index in [9.17, 15) is 13.2 Å². The van der Waals surface area contributed by atoms with E-state index in [1.807, 2.05) is 92.7 Å². The van der Waals surface area contributed by atoms with Crippen molar-refractivity contribution >= 4 is 26.7 Å². The monoisotopic (exact) mass is 581 g/mol. The fraction of sp³-hybridized carbons (Fsp3) is 0.206. The van der Waals surface area contributed by atoms with E-state index in [0.29, 0.717) is 36.6 Å². The zero-order valence-electron chi connectivity index (χ0n) is 23.5. The minimum absolute atomic E-state index is 0.0570. The van der Waals surface area contributed by atoms with E-state index in [2.05, 4.69) is 0 Å². The normalized spacial score (nSPS) is 14.3. The van der Waals surface area contributed by atoms with Crippen molar-refractivity contribution in [1.29, 1.82) is 0 Å². The van der Waals surface area contributed by atoms with Crippen LogP contribution in [0.15, 0.2) is 100 Å². The Morgan fingerprint density at radius 3 is 2.12 bits per heavy atom. The topological polar surface area (TPSA) is 86.1 Å². The fourth-order valence-corrected chi connectivity index (χ4v) is 6.79. The summed E-state index contributed by atoms with van der Waals surface area (Å²) in [5.41, 5.74) is 4.42. The van der Waals surface area contributed by atoms with Crippen LogP contribution >= 0.6 is 0 Å². The molecule has 5 aromatic rings. The van der Waals surface area contributed by atoms with Crippen molar-refractivity contribution in [3.63, 3.8) is 0 Å². The van der Waals surface area contributed by atoms with Crippen molar-refractivity contribution in [2.75, 3.05) is 16.6 Å². The van der Waals surface area contributed by atoms with Gasteiger partial charge in [-0.2, -0.15) is 0 Å². The van der Waals surface area contributed by atoms with Gasteiger partial charge in [-0.25, -0.2) is 8.42 Å². The number of nitrogens with zero attached hydrogens (tertiary/aromatic N) is 1. The van der Waals surface area contributed by atoms with Crippen LogP contribution in [0, 0.1) is 13.8 Å². The summed E-state index contributed by atoms with van der Waals surface area (Å²) in [4.78, 5) is 14.1. The average Bonchev–Trinajstić information content (AvgIpc) is 3.35. The molecule has 0 bridgehead atoms. The molecule has 8 heteroatoms. The van der Waals surface area contributed by atoms with E-state index in [1.165, 1.54) is 4.31 Å². The first kappa shape index (κ1) is 27.6. The number of fused-ring (bicyclic) bond motifs is 1. The van der Waals surface area contributed by atoms with Crippen LogP contribution in [0.25, 0.3) is 22.3 Å². The fourth-order valence-electron chi connectivity index (χ4n) is 5.24. The van der Waals surface area contributed by atoms with Crippen LogP contribution in [-0.2, 0) is 23.2 Å². The predicted octanol–water partition coefficient (Wildman–Crippen LogP) is 6.77. The molecule has 0 N–H and O–H groups in total. The highest BCUT2D eigenvalue weighted by molar-refractivity contribution is 7.93. The molecule has 6 rings (SSSR count). The summed E-state index contributed by atoms with van der Waals surface area (Å²) in [6.45, 7) is 4.68. The highest BCUT2D eigenvalue weighted by Crippen LogP contribution is 2.39. The molecule has 0 saturated carbocycles. The molecule has 42 heavy (non-hydrogen) atoms. The minimum Gasteiger partial charge on any atom is -0.489 e. The number of hydrogen-bond acceptors (Lipinski definition) is 6. The second kappa shape index (κ2) is 11.4. The predicted molar refractivity (Wildman–Crippen MR) is 165 cm³/mol. The summed E-state index contributed by atoms with van der Waals surface area (Å²) in [6, 6.07) is 28.5. The maximum absolute atomic E-state index is 14.1. The first-order valence-corrected chi connectivity index (χ1v) is 15.5. The van der Waals surface area contributed by atoms with E-state index in [-0.39, 0.29) is 40.3 Å². The van der Waals surface area contributed by atoms with Gasteiger partial charge in [-0.05, 0) is 72.9 Å². The molecule has 214 valence electrons. The van der Waals surface area contributed by atoms with Gasteiger partial charge in [0, 0.05) is 12.1 Å². The van der Waals surface area contributed by atoms with Crippen molar-refractivity contribution in [3.05, 3.63) is 123 Å². The molecular formula is C34H31NO6S. The zero-order valence-corrected chi connectivity index (χ0v) is 24.3. The van der Waals surface area contributed by atoms with Gasteiger partial charge in [-0.3, -0.25) is 9.10 Å². The van der Waals surface area contributed by atoms with Crippen LogP contribution in [-0.4, -0.2) is 20.7 Å². The first-order chi connectivity index (χ1) is 20.3. The Bertz CT molecular complexity index is 1920. The van der Waals surface area contributed by atoms with Crippen LogP contribution in [0.2, 0.25) is 0 Å². The minimum atomic E-state index is -3.51. The van der Waals surface area contributed by atoms with Crippen LogP contribution < -0.4 is 19.2 Å². The summed E-state index contributed by atoms with van der Waals surface area (Å²) in [7, 11) is -3.51. The Hall–Kier alpha value is -4.56. The van der Waals surface area contributed by atoms with E-state index in [4.69, 9.17) is 13.9 Å². The molecule has 0 unspecified atom stereocenters. The molecule has 0 aliphatic carbocycles. The van der Waals surface area contributed by atoms with Crippen LogP contribution in [0.3, 0.4) is 0 Å². The second-order valence-corrected chi connectivity index (χ2v) is 12.5. The molecule has 1 saturated heterocycles. The number of rotatable bonds is 8. The van der Waals surface area contributed by atoms with Gasteiger partial charge in [-0.1, -0.05) is 60.7 Å². The number of benzene rings is 4. The van der Waals surface area contributed by atoms with Gasteiger partial charge in [0.1, 0.15) is 19.0 Å². The smallest absolute Gasteiger partial charge is 0.235 e. The summed E-state index contributed by atoms with van der Waals surface area (Å²) in [5.74, 6) is 1.07. The van der Waals surface area contributed by atoms with Gasteiger partial charge < -0.3 is 13.9 Å². The van der Waals surface area contributed by atoms with Gasteiger partial charge in [0.15, 0.2) is 11.3 Å². The van der Waals surface area contributed by atoms with Crippen molar-refractivity contribution in [1.82, 2.24) is 0 Å². The van der Waals surface area contributed by atoms with Crippen molar-refractivity contribution in [3.8, 4) is 22.8 Å². The molecular weight excluding hydrogens is 550 g/mol. The van der Waals surface area contributed by atoms with Crippen LogP contribution in [0.1, 0.15) is 28.7 Å². The van der Waals surface area contributed by atoms with Crippen LogP contribution in [0.5, 0.6) is 11.5 Å². The molecule has 0 atom stereocenters. The van der Waals surface area contributed by atoms with Gasteiger partial charge in [-0.15, -0.1) is 0 Å². The molecule has 2 heterocycles. The highest BCUT2D eigenvalue weighted by Gasteiger charge is 2.32. The van der Waals surface area contributed by atoms with Crippen molar-refractivity contribution in [2.24, 2.45) is 0 Å². The molecule has 7 nitrogen and oxygen atoms in total. The van der Waals surface area contributed by atoms with Gasteiger partial charge in [0.25, 0.3) is 0 Å². The SMILES string of the molecule is Cc1cc(N2CCCS2(=O)=O)c2oc(-c3ccc(OCc4ccccc4)c(C)c3)c(OCc3ccccc3)c(=O)c2c1. The van der Waals surface area contributed by atoms with Crippen molar-refractivity contribution in [2.45, 2.75) is 33.5 Å². The standard InChI is InChI=1S/C34H31NO6S/c1-23-18-28-31(36)34(40-22-26-12-7-4-8-13-26)32(41-33(28)29(19-23)35-16-9-17-42(35,37)38)27-14-15-30(24(2)20-27)39-21-25-10-5-3-6-11-25/h3-8,10-15,18-20H,9,16-17,21-22H2,1-2H3. The zero-order chi connectivity index (χ0) is 29.3. The van der Waals surface area contributed by atoms with E-state index in [1.54, 1.807) is 12.1 Å². The van der Waals surface area contributed by atoms with E-state index in [0.717, 1.165) is 22.3 Å². The summed E-state index contributed by atoms with van der Waals surface area (Å²) in [5, 5.41) is 0.276. The molecule has 4 aromatic carbocycles. The number of sulfonamides is 1. The van der Waals surface area contributed by atoms with Gasteiger partial charge in [0.05, 0.1) is 16.8 Å². The molecule has 1 aliphatic rings. The first-order valence-electron chi connectivity index (χ1n) is 13.9. The number of anilines is 1. The van der Waals surface area contributed by atoms with Crippen molar-refractivity contribution < 1.29 is 22.3 Å². The maximum atomic E-state index is 14.1. The Balaban J connectivity index is 1.47. The molecule has 0 amide bonds. The van der Waals surface area contributed by atoms with E-state index < -0.39 is 10.0 Å². The third kappa shape index (κ3) is 5.50. The number of hydrogen-bond donors (Lipinski definition) is 0. The lowest BCUT2D eigenvalue weighted by Gasteiger charge is -2.20. The lowest BCUT2D eigenvalue weighted by Crippen LogP contribution is -2.25. The van der Waals surface area contributed by atoms with Gasteiger partial charge >= 0.3 is 0 Å². The molecule has 1 aliphatic heterocycles. The Morgan fingerprint density at radius 1 is 0.833 bits per heavy atom. The van der Waals surface area contributed by atoms with Crippen LogP contribution in [0.4, 0.5) is 5.69 Å². The number of ether oxygens (including phenoxy) is 2. The summed E-state index contributed by atoms with van der Waals surface area (Å²) < 4.78 is 45.9. The molecule has 1 fully saturated rings. The third-order valence-electron chi connectivity index (χ3n) is 7.34. The van der Waals surface area contributed by atoms with E-state index >= 15 is 0 Å². The summed E-state index contributed by atoms with van der Waals surface area (Å²) >= 11 is 0. The Morgan fingerprint density at radius 2 is 1.50 bits per heavy atom. The Kier molecular flexibility index (Phi) is 7.47. The lowest BCUT2D eigenvalue weighted by atomic mass is 10.0. The molecule has 1 aromatic heterocycles. The highest BCUT2D eigenvalue weighted by atomic mass is 32.2. The largest absolute Gasteiger partial charge is 0.489 e. The lowest BCUT2D eigenvalue weighted by molar-refractivity contribution is 0.297. The maximum Gasteiger partial charge on any atom is 0.235 e.